The summed E-state index contributed by atoms with van der Waals surface area (Å²) in [4.78, 5) is 11.6. The van der Waals surface area contributed by atoms with Gasteiger partial charge in [-0.1, -0.05) is 27.7 Å². The van der Waals surface area contributed by atoms with Gasteiger partial charge in [-0.2, -0.15) is 0 Å². The van der Waals surface area contributed by atoms with E-state index >= 15 is 0 Å². The molecule has 0 aromatic rings. The SMILES string of the molecule is CC(=O)O[C@H]1CC[C@@H]2[C@H]3CC[C@H]4C[C@@H](C(C)C)CC[C@]4(C)[C@@H]3CC[C@]12C. The van der Waals surface area contributed by atoms with Crippen LogP contribution in [-0.2, 0) is 9.53 Å². The Morgan fingerprint density at radius 2 is 1.62 bits per heavy atom. The maximum absolute atomic E-state index is 11.6. The van der Waals surface area contributed by atoms with Crippen LogP contribution in [0.15, 0.2) is 0 Å². The van der Waals surface area contributed by atoms with Crippen molar-refractivity contribution in [1.29, 1.82) is 0 Å². The van der Waals surface area contributed by atoms with Gasteiger partial charge in [0.15, 0.2) is 0 Å². The average molecular weight is 361 g/mol. The molecule has 2 heteroatoms. The predicted molar refractivity (Wildman–Crippen MR) is 106 cm³/mol. The van der Waals surface area contributed by atoms with E-state index in [0.717, 1.165) is 41.9 Å². The molecule has 4 fully saturated rings. The third-order valence-corrected chi connectivity index (χ3v) is 9.87. The molecule has 0 aromatic heterocycles. The monoisotopic (exact) mass is 360 g/mol. The zero-order chi connectivity index (χ0) is 18.7. The van der Waals surface area contributed by atoms with Crippen molar-refractivity contribution in [2.75, 3.05) is 0 Å². The smallest absolute Gasteiger partial charge is 0.302 e. The topological polar surface area (TPSA) is 26.3 Å². The Kier molecular flexibility index (Phi) is 4.72. The number of ether oxygens (including phenoxy) is 1. The van der Waals surface area contributed by atoms with Crippen LogP contribution in [0.3, 0.4) is 0 Å². The van der Waals surface area contributed by atoms with Gasteiger partial charge >= 0.3 is 5.97 Å². The Balaban J connectivity index is 1.54. The highest BCUT2D eigenvalue weighted by Crippen LogP contribution is 2.67. The van der Waals surface area contributed by atoms with Crippen LogP contribution in [0, 0.1) is 46.3 Å². The lowest BCUT2D eigenvalue weighted by molar-refractivity contribution is -0.162. The molecular weight excluding hydrogens is 320 g/mol. The molecule has 26 heavy (non-hydrogen) atoms. The van der Waals surface area contributed by atoms with Crippen molar-refractivity contribution in [2.45, 2.75) is 98.5 Å². The van der Waals surface area contributed by atoms with E-state index in [9.17, 15) is 4.79 Å². The molecule has 148 valence electrons. The minimum absolute atomic E-state index is 0.0818. The number of carbonyl (C=O) groups excluding carboxylic acids is 1. The quantitative estimate of drug-likeness (QED) is 0.545. The summed E-state index contributed by atoms with van der Waals surface area (Å²) in [5, 5.41) is 0. The van der Waals surface area contributed by atoms with E-state index in [0.29, 0.717) is 5.41 Å². The van der Waals surface area contributed by atoms with Crippen LogP contribution in [0.4, 0.5) is 0 Å². The summed E-state index contributed by atoms with van der Waals surface area (Å²) in [5.41, 5.74) is 0.820. The number of esters is 1. The van der Waals surface area contributed by atoms with Gasteiger partial charge in [-0.15, -0.1) is 0 Å². The molecule has 2 nitrogen and oxygen atoms in total. The number of hydrogen-bond donors (Lipinski definition) is 0. The molecule has 0 aromatic carbocycles. The standard InChI is InChI=1S/C24H40O2/c1-15(2)17-10-12-23(4)18(14-17)6-7-19-20-8-9-22(26-16(3)25)24(20,5)13-11-21(19)23/h15,17-22H,6-14H2,1-5H3/t17-,18-,19+,20+,21+,22-,23-,24-/m0/s1. The molecular formula is C24H40O2. The third-order valence-electron chi connectivity index (χ3n) is 9.87. The highest BCUT2D eigenvalue weighted by Gasteiger charge is 2.61. The zero-order valence-corrected chi connectivity index (χ0v) is 17.7. The first kappa shape index (κ1) is 18.8. The molecule has 8 atom stereocenters. The average Bonchev–Trinajstić information content (AvgIpc) is 2.90. The van der Waals surface area contributed by atoms with Gasteiger partial charge in [-0.05, 0) is 98.7 Å². The third kappa shape index (κ3) is 2.76. The molecule has 0 radical (unpaired) electrons. The number of rotatable bonds is 2. The molecule has 0 heterocycles. The Hall–Kier alpha value is -0.530. The van der Waals surface area contributed by atoms with Gasteiger partial charge in [0, 0.05) is 12.3 Å². The lowest BCUT2D eigenvalue weighted by Gasteiger charge is -2.61. The first-order chi connectivity index (χ1) is 12.3. The lowest BCUT2D eigenvalue weighted by Crippen LogP contribution is -2.54. The maximum atomic E-state index is 11.6. The fraction of sp³-hybridized carbons (Fsp3) is 0.958. The van der Waals surface area contributed by atoms with Crippen LogP contribution in [0.2, 0.25) is 0 Å². The van der Waals surface area contributed by atoms with Crippen molar-refractivity contribution < 1.29 is 9.53 Å². The summed E-state index contributed by atoms with van der Waals surface area (Å²) in [5.74, 6) is 5.27. The summed E-state index contributed by atoms with van der Waals surface area (Å²) in [6.07, 6.45) is 12.5. The highest BCUT2D eigenvalue weighted by atomic mass is 16.5. The molecule has 4 rings (SSSR count). The normalized spacial score (nSPS) is 50.7. The largest absolute Gasteiger partial charge is 0.462 e. The summed E-state index contributed by atoms with van der Waals surface area (Å²) in [7, 11) is 0. The second-order valence-electron chi connectivity index (χ2n) is 11.2. The minimum Gasteiger partial charge on any atom is -0.462 e. The van der Waals surface area contributed by atoms with Crippen LogP contribution in [-0.4, -0.2) is 12.1 Å². The maximum Gasteiger partial charge on any atom is 0.302 e. The molecule has 4 saturated carbocycles. The van der Waals surface area contributed by atoms with Crippen molar-refractivity contribution >= 4 is 5.97 Å². The molecule has 0 saturated heterocycles. The van der Waals surface area contributed by atoms with Crippen LogP contribution in [0.25, 0.3) is 0 Å². The number of hydrogen-bond acceptors (Lipinski definition) is 2. The summed E-state index contributed by atoms with van der Waals surface area (Å²) in [6.45, 7) is 11.5. The van der Waals surface area contributed by atoms with Crippen molar-refractivity contribution in [2.24, 2.45) is 46.3 Å². The Morgan fingerprint density at radius 3 is 2.31 bits per heavy atom. The van der Waals surface area contributed by atoms with Gasteiger partial charge in [-0.25, -0.2) is 0 Å². The molecule has 4 aliphatic rings. The van der Waals surface area contributed by atoms with Crippen molar-refractivity contribution in [3.05, 3.63) is 0 Å². The predicted octanol–water partition coefficient (Wildman–Crippen LogP) is 6.23. The van der Waals surface area contributed by atoms with Gasteiger partial charge in [0.25, 0.3) is 0 Å². The van der Waals surface area contributed by atoms with E-state index in [1.165, 1.54) is 51.4 Å². The van der Waals surface area contributed by atoms with Crippen LogP contribution < -0.4 is 0 Å². The molecule has 0 amide bonds. The van der Waals surface area contributed by atoms with Gasteiger partial charge in [0.2, 0.25) is 0 Å². The highest BCUT2D eigenvalue weighted by molar-refractivity contribution is 5.66. The molecule has 0 spiro atoms. The fourth-order valence-electron chi connectivity index (χ4n) is 8.24. The first-order valence-corrected chi connectivity index (χ1v) is 11.4. The van der Waals surface area contributed by atoms with Gasteiger partial charge < -0.3 is 4.74 Å². The van der Waals surface area contributed by atoms with E-state index in [2.05, 4.69) is 27.7 Å². The summed E-state index contributed by atoms with van der Waals surface area (Å²) < 4.78 is 5.80. The second-order valence-corrected chi connectivity index (χ2v) is 11.2. The fourth-order valence-corrected chi connectivity index (χ4v) is 8.24. The Bertz CT molecular complexity index is 554. The zero-order valence-electron chi connectivity index (χ0n) is 17.7. The summed E-state index contributed by atoms with van der Waals surface area (Å²) in [6, 6.07) is 0. The first-order valence-electron chi connectivity index (χ1n) is 11.4. The number of fused-ring (bicyclic) bond motifs is 5. The molecule has 0 bridgehead atoms. The van der Waals surface area contributed by atoms with E-state index in [-0.39, 0.29) is 17.5 Å². The second kappa shape index (κ2) is 6.52. The molecule has 0 N–H and O–H groups in total. The number of carbonyl (C=O) groups is 1. The minimum atomic E-state index is -0.0818. The lowest BCUT2D eigenvalue weighted by atomic mass is 9.44. The van der Waals surface area contributed by atoms with Crippen LogP contribution in [0.1, 0.15) is 92.4 Å². The van der Waals surface area contributed by atoms with Crippen LogP contribution in [0.5, 0.6) is 0 Å². The summed E-state index contributed by atoms with van der Waals surface area (Å²) >= 11 is 0. The van der Waals surface area contributed by atoms with E-state index in [4.69, 9.17) is 4.74 Å². The van der Waals surface area contributed by atoms with Crippen LogP contribution >= 0.6 is 0 Å². The van der Waals surface area contributed by atoms with Gasteiger partial charge in [0.05, 0.1) is 0 Å². The van der Waals surface area contributed by atoms with Gasteiger partial charge in [0.1, 0.15) is 6.10 Å². The van der Waals surface area contributed by atoms with Crippen molar-refractivity contribution in [3.8, 4) is 0 Å². The van der Waals surface area contributed by atoms with E-state index < -0.39 is 0 Å². The van der Waals surface area contributed by atoms with Crippen molar-refractivity contribution in [1.82, 2.24) is 0 Å². The van der Waals surface area contributed by atoms with Gasteiger partial charge in [-0.3, -0.25) is 4.79 Å². The molecule has 0 unspecified atom stereocenters. The van der Waals surface area contributed by atoms with Crippen molar-refractivity contribution in [3.63, 3.8) is 0 Å². The van der Waals surface area contributed by atoms with E-state index in [1.807, 2.05) is 0 Å². The molecule has 4 aliphatic carbocycles. The molecule has 0 aliphatic heterocycles. The Morgan fingerprint density at radius 1 is 0.923 bits per heavy atom. The van der Waals surface area contributed by atoms with E-state index in [1.54, 1.807) is 6.92 Å². The Labute approximate surface area is 160 Å².